The molecule has 0 atom stereocenters. The van der Waals surface area contributed by atoms with E-state index < -0.39 is 0 Å². The Kier molecular flexibility index (Phi) is 6.37. The SMILES string of the molecule is CC(C)COC1CCN(C(=O)CCc2ccccc2F)CC1. The number of likely N-dealkylation sites (tertiary alicyclic amines) is 1. The van der Waals surface area contributed by atoms with Crippen molar-refractivity contribution in [2.75, 3.05) is 19.7 Å². The van der Waals surface area contributed by atoms with Gasteiger partial charge in [0.25, 0.3) is 0 Å². The summed E-state index contributed by atoms with van der Waals surface area (Å²) >= 11 is 0. The van der Waals surface area contributed by atoms with Gasteiger partial charge in [-0.05, 0) is 36.8 Å². The third kappa shape index (κ3) is 5.09. The van der Waals surface area contributed by atoms with Crippen molar-refractivity contribution in [1.82, 2.24) is 4.90 Å². The average molecular weight is 307 g/mol. The van der Waals surface area contributed by atoms with Gasteiger partial charge < -0.3 is 9.64 Å². The summed E-state index contributed by atoms with van der Waals surface area (Å²) in [5, 5.41) is 0. The van der Waals surface area contributed by atoms with Crippen LogP contribution in [0.25, 0.3) is 0 Å². The summed E-state index contributed by atoms with van der Waals surface area (Å²) in [6, 6.07) is 6.66. The van der Waals surface area contributed by atoms with Gasteiger partial charge in [-0.2, -0.15) is 0 Å². The third-order valence-electron chi connectivity index (χ3n) is 4.03. The number of amides is 1. The van der Waals surface area contributed by atoms with Gasteiger partial charge in [0.2, 0.25) is 5.91 Å². The minimum atomic E-state index is -0.226. The van der Waals surface area contributed by atoms with Crippen molar-refractivity contribution < 1.29 is 13.9 Å². The molecule has 1 saturated heterocycles. The summed E-state index contributed by atoms with van der Waals surface area (Å²) in [4.78, 5) is 14.1. The molecule has 1 aliphatic rings. The van der Waals surface area contributed by atoms with Crippen molar-refractivity contribution in [2.24, 2.45) is 5.92 Å². The maximum absolute atomic E-state index is 13.5. The molecule has 0 N–H and O–H groups in total. The van der Waals surface area contributed by atoms with Crippen molar-refractivity contribution >= 4 is 5.91 Å². The molecule has 1 fully saturated rings. The van der Waals surface area contributed by atoms with Crippen molar-refractivity contribution in [1.29, 1.82) is 0 Å². The highest BCUT2D eigenvalue weighted by atomic mass is 19.1. The Hall–Kier alpha value is -1.42. The number of aryl methyl sites for hydroxylation is 1. The van der Waals surface area contributed by atoms with E-state index in [1.54, 1.807) is 18.2 Å². The van der Waals surface area contributed by atoms with E-state index in [1.165, 1.54) is 6.07 Å². The molecule has 2 rings (SSSR count). The van der Waals surface area contributed by atoms with Crippen LogP contribution in [0, 0.1) is 11.7 Å². The molecule has 0 spiro atoms. The quantitative estimate of drug-likeness (QED) is 0.806. The lowest BCUT2D eigenvalue weighted by atomic mass is 10.1. The van der Waals surface area contributed by atoms with Crippen LogP contribution in [0.2, 0.25) is 0 Å². The largest absolute Gasteiger partial charge is 0.378 e. The van der Waals surface area contributed by atoms with E-state index in [0.717, 1.165) is 32.5 Å². The van der Waals surface area contributed by atoms with Gasteiger partial charge in [-0.1, -0.05) is 32.0 Å². The molecule has 0 radical (unpaired) electrons. The minimum Gasteiger partial charge on any atom is -0.378 e. The van der Waals surface area contributed by atoms with Gasteiger partial charge in [0.15, 0.2) is 0 Å². The molecule has 1 heterocycles. The molecule has 1 aromatic carbocycles. The lowest BCUT2D eigenvalue weighted by Crippen LogP contribution is -2.41. The molecular weight excluding hydrogens is 281 g/mol. The molecule has 0 unspecified atom stereocenters. The fourth-order valence-electron chi connectivity index (χ4n) is 2.70. The van der Waals surface area contributed by atoms with Crippen molar-refractivity contribution in [3.8, 4) is 0 Å². The molecular formula is C18H26FNO2. The van der Waals surface area contributed by atoms with E-state index in [1.807, 2.05) is 4.90 Å². The van der Waals surface area contributed by atoms with Crippen LogP contribution < -0.4 is 0 Å². The second-order valence-electron chi connectivity index (χ2n) is 6.40. The summed E-state index contributed by atoms with van der Waals surface area (Å²) < 4.78 is 19.4. The molecule has 1 amide bonds. The van der Waals surface area contributed by atoms with E-state index >= 15 is 0 Å². The van der Waals surface area contributed by atoms with Gasteiger partial charge in [-0.25, -0.2) is 4.39 Å². The standard InChI is InChI=1S/C18H26FNO2/c1-14(2)13-22-16-9-11-20(12-10-16)18(21)8-7-15-5-3-4-6-17(15)19/h3-6,14,16H,7-13H2,1-2H3. The highest BCUT2D eigenvalue weighted by Gasteiger charge is 2.23. The molecule has 0 saturated carbocycles. The first-order valence-corrected chi connectivity index (χ1v) is 8.19. The molecule has 1 aromatic rings. The van der Waals surface area contributed by atoms with Gasteiger partial charge in [0.05, 0.1) is 6.10 Å². The Labute approximate surface area is 132 Å². The third-order valence-corrected chi connectivity index (χ3v) is 4.03. The number of hydrogen-bond acceptors (Lipinski definition) is 2. The predicted octanol–water partition coefficient (Wildman–Crippen LogP) is 3.42. The Morgan fingerprint density at radius 1 is 1.32 bits per heavy atom. The fraction of sp³-hybridized carbons (Fsp3) is 0.611. The van der Waals surface area contributed by atoms with E-state index in [-0.39, 0.29) is 17.8 Å². The Bertz CT molecular complexity index is 482. The summed E-state index contributed by atoms with van der Waals surface area (Å²) in [6.45, 7) is 6.56. The number of benzene rings is 1. The molecule has 122 valence electrons. The van der Waals surface area contributed by atoms with Crippen molar-refractivity contribution in [2.45, 2.75) is 45.6 Å². The van der Waals surface area contributed by atoms with Gasteiger partial charge in [0, 0.05) is 26.1 Å². The zero-order valence-corrected chi connectivity index (χ0v) is 13.6. The Morgan fingerprint density at radius 2 is 2.00 bits per heavy atom. The lowest BCUT2D eigenvalue weighted by Gasteiger charge is -2.32. The first-order chi connectivity index (χ1) is 10.6. The summed E-state index contributed by atoms with van der Waals surface area (Å²) in [5.74, 6) is 0.432. The zero-order valence-electron chi connectivity index (χ0n) is 13.6. The normalized spacial score (nSPS) is 16.3. The highest BCUT2D eigenvalue weighted by Crippen LogP contribution is 2.17. The number of nitrogens with zero attached hydrogens (tertiary/aromatic N) is 1. The first-order valence-electron chi connectivity index (χ1n) is 8.19. The average Bonchev–Trinajstić information content (AvgIpc) is 2.52. The molecule has 3 nitrogen and oxygen atoms in total. The van der Waals surface area contributed by atoms with Crippen LogP contribution in [0.5, 0.6) is 0 Å². The summed E-state index contributed by atoms with van der Waals surface area (Å²) in [5.41, 5.74) is 0.617. The number of halogens is 1. The lowest BCUT2D eigenvalue weighted by molar-refractivity contribution is -0.133. The number of ether oxygens (including phenoxy) is 1. The Morgan fingerprint density at radius 3 is 2.64 bits per heavy atom. The fourth-order valence-corrected chi connectivity index (χ4v) is 2.70. The van der Waals surface area contributed by atoms with Crippen LogP contribution in [-0.2, 0) is 16.0 Å². The van der Waals surface area contributed by atoms with E-state index in [4.69, 9.17) is 4.74 Å². The Balaban J connectivity index is 1.72. The van der Waals surface area contributed by atoms with E-state index in [0.29, 0.717) is 24.3 Å². The van der Waals surface area contributed by atoms with Gasteiger partial charge in [-0.3, -0.25) is 4.79 Å². The minimum absolute atomic E-state index is 0.116. The molecule has 0 bridgehead atoms. The first kappa shape index (κ1) is 16.9. The number of rotatable bonds is 6. The van der Waals surface area contributed by atoms with Gasteiger partial charge >= 0.3 is 0 Å². The molecule has 0 aromatic heterocycles. The smallest absolute Gasteiger partial charge is 0.222 e. The molecule has 22 heavy (non-hydrogen) atoms. The topological polar surface area (TPSA) is 29.5 Å². The highest BCUT2D eigenvalue weighted by molar-refractivity contribution is 5.76. The maximum Gasteiger partial charge on any atom is 0.222 e. The maximum atomic E-state index is 13.5. The predicted molar refractivity (Wildman–Crippen MR) is 85.1 cm³/mol. The van der Waals surface area contributed by atoms with Gasteiger partial charge in [0.1, 0.15) is 5.82 Å². The monoisotopic (exact) mass is 307 g/mol. The summed E-state index contributed by atoms with van der Waals surface area (Å²) in [6.07, 6.45) is 2.92. The van der Waals surface area contributed by atoms with Crippen LogP contribution in [0.15, 0.2) is 24.3 Å². The number of carbonyl (C=O) groups excluding carboxylic acids is 1. The van der Waals surface area contributed by atoms with Crippen LogP contribution in [0.3, 0.4) is 0 Å². The molecule has 0 aliphatic carbocycles. The van der Waals surface area contributed by atoms with Crippen LogP contribution in [0.4, 0.5) is 4.39 Å². The van der Waals surface area contributed by atoms with Crippen molar-refractivity contribution in [3.63, 3.8) is 0 Å². The zero-order chi connectivity index (χ0) is 15.9. The molecule has 4 heteroatoms. The van der Waals surface area contributed by atoms with E-state index in [9.17, 15) is 9.18 Å². The molecule has 1 aliphatic heterocycles. The van der Waals surface area contributed by atoms with Crippen molar-refractivity contribution in [3.05, 3.63) is 35.6 Å². The second-order valence-corrected chi connectivity index (χ2v) is 6.40. The number of piperidine rings is 1. The van der Waals surface area contributed by atoms with Crippen LogP contribution in [0.1, 0.15) is 38.7 Å². The number of hydrogen-bond donors (Lipinski definition) is 0. The number of carbonyl (C=O) groups is 1. The van der Waals surface area contributed by atoms with Crippen LogP contribution in [-0.4, -0.2) is 36.6 Å². The summed E-state index contributed by atoms with van der Waals surface area (Å²) in [7, 11) is 0. The second kappa shape index (κ2) is 8.28. The van der Waals surface area contributed by atoms with E-state index in [2.05, 4.69) is 13.8 Å². The van der Waals surface area contributed by atoms with Gasteiger partial charge in [-0.15, -0.1) is 0 Å². The van der Waals surface area contributed by atoms with Crippen LogP contribution >= 0.6 is 0 Å².